The summed E-state index contributed by atoms with van der Waals surface area (Å²) in [5, 5.41) is 0. The first-order valence-electron chi connectivity index (χ1n) is 11.6. The Labute approximate surface area is 208 Å². The number of hydrogen-bond acceptors (Lipinski definition) is 4. The molecule has 4 rings (SSSR count). The minimum absolute atomic E-state index is 0.0149. The Hall–Kier alpha value is -3.68. The van der Waals surface area contributed by atoms with Crippen molar-refractivity contribution in [3.8, 4) is 28.4 Å². The summed E-state index contributed by atoms with van der Waals surface area (Å²) in [5.41, 5.74) is 1.27. The van der Waals surface area contributed by atoms with E-state index in [0.29, 0.717) is 34.8 Å². The van der Waals surface area contributed by atoms with Crippen molar-refractivity contribution < 1.29 is 32.2 Å². The summed E-state index contributed by atoms with van der Waals surface area (Å²) in [6, 6.07) is 17.2. The Morgan fingerprint density at radius 1 is 1.03 bits per heavy atom. The average Bonchev–Trinajstić information content (AvgIpc) is 3.34. The number of ether oxygens (including phenoxy) is 3. The molecule has 1 aliphatic heterocycles. The standard InChI is InChI=1S/C28H28F3NO4/c1-5-27(2,20-12-13-24-25(15-20)36-17-35-24)26(33)32(3)22-14-18(10-11-19(22)16-28(29,30)31)21-8-6-7-9-23(21)34-4/h6-15H,5,16-17H2,1-4H3. The Morgan fingerprint density at radius 3 is 2.44 bits per heavy atom. The molecular formula is C28H28F3NO4. The van der Waals surface area contributed by atoms with Gasteiger partial charge < -0.3 is 19.1 Å². The number of carbonyl (C=O) groups is 1. The number of methoxy groups -OCH3 is 1. The van der Waals surface area contributed by atoms with Crippen molar-refractivity contribution in [2.24, 2.45) is 0 Å². The lowest BCUT2D eigenvalue weighted by molar-refractivity contribution is -0.127. The van der Waals surface area contributed by atoms with Crippen LogP contribution in [0.1, 0.15) is 31.4 Å². The number of amides is 1. The molecule has 1 heterocycles. The number of fused-ring (bicyclic) bond motifs is 1. The van der Waals surface area contributed by atoms with E-state index in [-0.39, 0.29) is 24.0 Å². The van der Waals surface area contributed by atoms with E-state index in [9.17, 15) is 18.0 Å². The van der Waals surface area contributed by atoms with Gasteiger partial charge in [-0.25, -0.2) is 0 Å². The lowest BCUT2D eigenvalue weighted by atomic mass is 9.78. The lowest BCUT2D eigenvalue weighted by Crippen LogP contribution is -2.43. The van der Waals surface area contributed by atoms with Gasteiger partial charge in [0.2, 0.25) is 12.7 Å². The SMILES string of the molecule is CCC(C)(C(=O)N(C)c1cc(-c2ccccc2OC)ccc1CC(F)(F)F)c1ccc2c(c1)OCO2. The van der Waals surface area contributed by atoms with Crippen LogP contribution in [0.4, 0.5) is 18.9 Å². The van der Waals surface area contributed by atoms with Gasteiger partial charge in [-0.05, 0) is 54.3 Å². The molecule has 0 spiro atoms. The second-order valence-corrected chi connectivity index (χ2v) is 8.95. The predicted molar refractivity (Wildman–Crippen MR) is 132 cm³/mol. The van der Waals surface area contributed by atoms with Crippen molar-refractivity contribution in [3.63, 3.8) is 0 Å². The van der Waals surface area contributed by atoms with Crippen LogP contribution in [0.3, 0.4) is 0 Å². The molecule has 1 amide bonds. The average molecular weight is 500 g/mol. The van der Waals surface area contributed by atoms with Gasteiger partial charge in [0.25, 0.3) is 0 Å². The van der Waals surface area contributed by atoms with Gasteiger partial charge in [0.1, 0.15) is 5.75 Å². The van der Waals surface area contributed by atoms with E-state index in [4.69, 9.17) is 14.2 Å². The van der Waals surface area contributed by atoms with E-state index in [0.717, 1.165) is 5.56 Å². The number of likely N-dealkylation sites (N-methyl/N-ethyl adjacent to an activating group) is 1. The monoisotopic (exact) mass is 499 g/mol. The molecule has 8 heteroatoms. The summed E-state index contributed by atoms with van der Waals surface area (Å²) >= 11 is 0. The van der Waals surface area contributed by atoms with Gasteiger partial charge in [0, 0.05) is 18.3 Å². The molecule has 0 saturated heterocycles. The van der Waals surface area contributed by atoms with Gasteiger partial charge in [-0.2, -0.15) is 13.2 Å². The number of hydrogen-bond donors (Lipinski definition) is 0. The normalized spacial score (nSPS) is 14.3. The van der Waals surface area contributed by atoms with Crippen LogP contribution in [-0.2, 0) is 16.6 Å². The van der Waals surface area contributed by atoms with Crippen LogP contribution in [0.25, 0.3) is 11.1 Å². The highest BCUT2D eigenvalue weighted by molar-refractivity contribution is 6.01. The Kier molecular flexibility index (Phi) is 6.89. The highest BCUT2D eigenvalue weighted by Gasteiger charge is 2.38. The van der Waals surface area contributed by atoms with Crippen LogP contribution in [0.5, 0.6) is 17.2 Å². The third kappa shape index (κ3) is 4.85. The van der Waals surface area contributed by atoms with Gasteiger partial charge in [0.05, 0.1) is 18.9 Å². The molecule has 3 aromatic rings. The minimum atomic E-state index is -4.43. The minimum Gasteiger partial charge on any atom is -0.496 e. The molecule has 0 aromatic heterocycles. The molecule has 0 fully saturated rings. The van der Waals surface area contributed by atoms with Gasteiger partial charge in [0.15, 0.2) is 11.5 Å². The van der Waals surface area contributed by atoms with Gasteiger partial charge in [-0.1, -0.05) is 43.3 Å². The molecule has 3 aromatic carbocycles. The Morgan fingerprint density at radius 2 is 1.75 bits per heavy atom. The largest absolute Gasteiger partial charge is 0.496 e. The molecule has 1 unspecified atom stereocenters. The van der Waals surface area contributed by atoms with Crippen molar-refractivity contribution in [2.45, 2.75) is 38.3 Å². The molecule has 0 aliphatic carbocycles. The quantitative estimate of drug-likeness (QED) is 0.371. The number of anilines is 1. The van der Waals surface area contributed by atoms with Crippen LogP contribution in [0, 0.1) is 0 Å². The summed E-state index contributed by atoms with van der Waals surface area (Å²) in [6.45, 7) is 3.76. The van der Waals surface area contributed by atoms with Crippen LogP contribution in [0.2, 0.25) is 0 Å². The lowest BCUT2D eigenvalue weighted by Gasteiger charge is -2.33. The first kappa shape index (κ1) is 25.4. The van der Waals surface area contributed by atoms with Crippen molar-refractivity contribution in [3.05, 3.63) is 71.8 Å². The van der Waals surface area contributed by atoms with E-state index in [2.05, 4.69) is 0 Å². The summed E-state index contributed by atoms with van der Waals surface area (Å²) in [7, 11) is 3.05. The maximum Gasteiger partial charge on any atom is 0.393 e. The Bertz CT molecular complexity index is 1270. The van der Waals surface area contributed by atoms with Crippen LogP contribution >= 0.6 is 0 Å². The topological polar surface area (TPSA) is 48.0 Å². The van der Waals surface area contributed by atoms with Gasteiger partial charge in [-0.3, -0.25) is 4.79 Å². The zero-order valence-electron chi connectivity index (χ0n) is 20.6. The number of carbonyl (C=O) groups excluding carboxylic acids is 1. The van der Waals surface area contributed by atoms with Gasteiger partial charge in [-0.15, -0.1) is 0 Å². The van der Waals surface area contributed by atoms with Crippen molar-refractivity contribution in [1.82, 2.24) is 0 Å². The van der Waals surface area contributed by atoms with E-state index in [1.807, 2.05) is 25.1 Å². The smallest absolute Gasteiger partial charge is 0.393 e. The summed E-state index contributed by atoms with van der Waals surface area (Å²) in [4.78, 5) is 15.3. The number of rotatable bonds is 7. The highest BCUT2D eigenvalue weighted by atomic mass is 19.4. The number of alkyl halides is 3. The molecular weight excluding hydrogens is 471 g/mol. The molecule has 0 bridgehead atoms. The molecule has 0 saturated carbocycles. The van der Waals surface area contributed by atoms with Crippen molar-refractivity contribution >= 4 is 11.6 Å². The highest BCUT2D eigenvalue weighted by Crippen LogP contribution is 2.41. The van der Waals surface area contributed by atoms with Crippen molar-refractivity contribution in [2.75, 3.05) is 25.9 Å². The Balaban J connectivity index is 1.78. The fourth-order valence-corrected chi connectivity index (χ4v) is 4.49. The second-order valence-electron chi connectivity index (χ2n) is 8.95. The summed E-state index contributed by atoms with van der Waals surface area (Å²) in [5.74, 6) is 1.39. The maximum absolute atomic E-state index is 13.9. The van der Waals surface area contributed by atoms with Crippen LogP contribution in [-0.4, -0.2) is 33.0 Å². The van der Waals surface area contributed by atoms with Crippen LogP contribution < -0.4 is 19.1 Å². The molecule has 0 N–H and O–H groups in total. The summed E-state index contributed by atoms with van der Waals surface area (Å²) in [6.07, 6.45) is -5.16. The zero-order chi connectivity index (χ0) is 26.1. The fraction of sp³-hybridized carbons (Fsp3) is 0.321. The number of benzene rings is 3. The third-order valence-electron chi connectivity index (χ3n) is 6.75. The number of halogens is 3. The first-order valence-corrected chi connectivity index (χ1v) is 11.6. The predicted octanol–water partition coefficient (Wildman–Crippen LogP) is 6.53. The molecule has 0 radical (unpaired) electrons. The molecule has 36 heavy (non-hydrogen) atoms. The summed E-state index contributed by atoms with van der Waals surface area (Å²) < 4.78 is 56.7. The first-order chi connectivity index (χ1) is 17.1. The molecule has 190 valence electrons. The van der Waals surface area contributed by atoms with E-state index < -0.39 is 18.0 Å². The molecule has 5 nitrogen and oxygen atoms in total. The number of nitrogens with zero attached hydrogens (tertiary/aromatic N) is 1. The molecule has 1 aliphatic rings. The second kappa shape index (κ2) is 9.76. The van der Waals surface area contributed by atoms with Gasteiger partial charge >= 0.3 is 6.18 Å². The number of para-hydroxylation sites is 1. The van der Waals surface area contributed by atoms with Crippen molar-refractivity contribution in [1.29, 1.82) is 0 Å². The third-order valence-corrected chi connectivity index (χ3v) is 6.75. The van der Waals surface area contributed by atoms with Crippen LogP contribution in [0.15, 0.2) is 60.7 Å². The maximum atomic E-state index is 13.9. The van der Waals surface area contributed by atoms with E-state index in [1.165, 1.54) is 25.1 Å². The zero-order valence-corrected chi connectivity index (χ0v) is 20.6. The molecule has 1 atom stereocenters. The van der Waals surface area contributed by atoms with E-state index >= 15 is 0 Å². The van der Waals surface area contributed by atoms with E-state index in [1.54, 1.807) is 43.3 Å². The fourth-order valence-electron chi connectivity index (χ4n) is 4.49.